The molecule has 0 unspecified atom stereocenters. The van der Waals surface area contributed by atoms with Crippen molar-refractivity contribution >= 4 is 11.1 Å². The van der Waals surface area contributed by atoms with Crippen LogP contribution in [0.15, 0.2) is 57.7 Å². The Morgan fingerprint density at radius 2 is 1.68 bits per heavy atom. The van der Waals surface area contributed by atoms with E-state index in [-0.39, 0.29) is 11.3 Å². The number of fused-ring (bicyclic) bond motifs is 2. The van der Waals surface area contributed by atoms with E-state index >= 15 is 0 Å². The summed E-state index contributed by atoms with van der Waals surface area (Å²) in [6.07, 6.45) is -2.80. The summed E-state index contributed by atoms with van der Waals surface area (Å²) in [7, 11) is 0. The van der Waals surface area contributed by atoms with Gasteiger partial charge in [0.1, 0.15) is 11.2 Å². The first-order chi connectivity index (χ1) is 16.2. The first kappa shape index (κ1) is 22.6. The molecular weight excluding hydrogens is 441 g/mol. The molecular formula is C27H25F3N2O2. The Morgan fingerprint density at radius 1 is 1.00 bits per heavy atom. The van der Waals surface area contributed by atoms with E-state index < -0.39 is 12.7 Å². The van der Waals surface area contributed by atoms with Gasteiger partial charge in [0.25, 0.3) is 0 Å². The number of para-hydroxylation sites is 2. The van der Waals surface area contributed by atoms with E-state index in [1.165, 1.54) is 4.90 Å². The van der Waals surface area contributed by atoms with Crippen LogP contribution in [0.1, 0.15) is 35.4 Å². The number of hydrogen-bond donors (Lipinski definition) is 0. The Morgan fingerprint density at radius 3 is 2.35 bits per heavy atom. The molecule has 2 aliphatic heterocycles. The van der Waals surface area contributed by atoms with Crippen LogP contribution in [0.3, 0.4) is 0 Å². The summed E-state index contributed by atoms with van der Waals surface area (Å²) >= 11 is 0. The van der Waals surface area contributed by atoms with Crippen molar-refractivity contribution in [2.45, 2.75) is 38.8 Å². The quantitative estimate of drug-likeness (QED) is 0.332. The molecule has 2 aromatic rings. The van der Waals surface area contributed by atoms with Crippen molar-refractivity contribution in [1.29, 1.82) is 0 Å². The summed E-state index contributed by atoms with van der Waals surface area (Å²) in [6, 6.07) is 15.3. The second-order valence-corrected chi connectivity index (χ2v) is 9.10. The first-order valence-corrected chi connectivity index (χ1v) is 11.4. The molecule has 0 N–H and O–H groups in total. The maximum Gasteiger partial charge on any atom is 0.401 e. The zero-order chi connectivity index (χ0) is 24.0. The fourth-order valence-electron chi connectivity index (χ4n) is 4.89. The molecule has 34 heavy (non-hydrogen) atoms. The molecule has 1 saturated heterocycles. The van der Waals surface area contributed by atoms with E-state index in [2.05, 4.69) is 0 Å². The van der Waals surface area contributed by atoms with Gasteiger partial charge in [-0.15, -0.1) is 0 Å². The summed E-state index contributed by atoms with van der Waals surface area (Å²) in [5, 5.41) is 0. The van der Waals surface area contributed by atoms with E-state index in [0.717, 1.165) is 22.2 Å². The maximum atomic E-state index is 13.3. The number of halogens is 3. The third kappa shape index (κ3) is 4.20. The number of rotatable bonds is 3. The molecule has 0 saturated carbocycles. The zero-order valence-corrected chi connectivity index (χ0v) is 19.1. The van der Waals surface area contributed by atoms with E-state index in [1.54, 1.807) is 6.92 Å². The minimum absolute atomic E-state index is 0.0842. The van der Waals surface area contributed by atoms with Gasteiger partial charge in [0.15, 0.2) is 16.8 Å². The Balaban J connectivity index is 1.48. The Hall–Kier alpha value is -3.19. The zero-order valence-electron chi connectivity index (χ0n) is 19.1. The molecule has 176 valence electrons. The van der Waals surface area contributed by atoms with Crippen LogP contribution in [0, 0.1) is 13.8 Å². The van der Waals surface area contributed by atoms with Gasteiger partial charge in [-0.2, -0.15) is 13.2 Å². The van der Waals surface area contributed by atoms with Crippen molar-refractivity contribution in [3.05, 3.63) is 75.4 Å². The fourth-order valence-corrected chi connectivity index (χ4v) is 4.89. The van der Waals surface area contributed by atoms with Gasteiger partial charge in [0, 0.05) is 5.56 Å². The summed E-state index contributed by atoms with van der Waals surface area (Å²) in [6.45, 7) is 3.69. The largest absolute Gasteiger partial charge is 0.452 e. The van der Waals surface area contributed by atoms with Crippen LogP contribution in [0.2, 0.25) is 0 Å². The van der Waals surface area contributed by atoms with Gasteiger partial charge in [-0.3, -0.25) is 9.69 Å². The summed E-state index contributed by atoms with van der Waals surface area (Å²) < 4.78 is 44.2. The topological polar surface area (TPSA) is 46.3 Å². The van der Waals surface area contributed by atoms with E-state index in [0.29, 0.717) is 54.1 Å². The van der Waals surface area contributed by atoms with Crippen molar-refractivity contribution in [3.63, 3.8) is 0 Å². The molecule has 0 spiro atoms. The molecule has 4 nitrogen and oxygen atoms in total. The Labute approximate surface area is 195 Å². The molecule has 2 heterocycles. The number of benzene rings is 3. The van der Waals surface area contributed by atoms with Gasteiger partial charge in [0.05, 0.1) is 12.1 Å². The fraction of sp³-hybridized carbons (Fsp3) is 0.333. The molecule has 2 aromatic carbocycles. The molecule has 0 radical (unpaired) electrons. The summed E-state index contributed by atoms with van der Waals surface area (Å²) in [5.74, 6) is 0.678. The van der Waals surface area contributed by atoms with Crippen LogP contribution in [-0.2, 0) is 0 Å². The average Bonchev–Trinajstić information content (AvgIpc) is 2.82. The molecule has 0 bridgehead atoms. The van der Waals surface area contributed by atoms with Gasteiger partial charge in [-0.1, -0.05) is 36.4 Å². The number of alkyl halides is 3. The third-order valence-corrected chi connectivity index (χ3v) is 6.90. The molecule has 3 aliphatic rings. The van der Waals surface area contributed by atoms with Crippen LogP contribution in [0.4, 0.5) is 13.2 Å². The molecule has 1 aliphatic carbocycles. The summed E-state index contributed by atoms with van der Waals surface area (Å²) in [4.78, 5) is 19.5. The monoisotopic (exact) mass is 466 g/mol. The normalized spacial score (nSPS) is 15.9. The second kappa shape index (κ2) is 8.55. The highest BCUT2D eigenvalue weighted by Crippen LogP contribution is 2.37. The highest BCUT2D eigenvalue weighted by Gasteiger charge is 2.33. The third-order valence-electron chi connectivity index (χ3n) is 6.90. The maximum absolute atomic E-state index is 13.3. The van der Waals surface area contributed by atoms with E-state index in [1.807, 2.05) is 55.5 Å². The SMILES string of the molecule is Cc1c2nc3ccccc3oc-2c(-c2ccc(C3CCN(CC(F)(F)F)CC3)cc2)c(=O)c1C. The molecule has 1 fully saturated rings. The second-order valence-electron chi connectivity index (χ2n) is 9.10. The van der Waals surface area contributed by atoms with Gasteiger partial charge < -0.3 is 4.42 Å². The number of likely N-dealkylation sites (tertiary alicyclic amines) is 1. The van der Waals surface area contributed by atoms with Crippen LogP contribution in [0.25, 0.3) is 33.7 Å². The molecule has 0 aromatic heterocycles. The lowest BCUT2D eigenvalue weighted by molar-refractivity contribution is -0.147. The van der Waals surface area contributed by atoms with Crippen molar-refractivity contribution in [2.75, 3.05) is 19.6 Å². The van der Waals surface area contributed by atoms with Gasteiger partial charge in [0.2, 0.25) is 0 Å². The number of aromatic nitrogens is 1. The van der Waals surface area contributed by atoms with Crippen molar-refractivity contribution < 1.29 is 17.6 Å². The predicted molar refractivity (Wildman–Crippen MR) is 126 cm³/mol. The number of piperidine rings is 1. The summed E-state index contributed by atoms with van der Waals surface area (Å²) in [5.41, 5.74) is 5.69. The van der Waals surface area contributed by atoms with Crippen molar-refractivity contribution in [1.82, 2.24) is 9.88 Å². The van der Waals surface area contributed by atoms with Crippen LogP contribution >= 0.6 is 0 Å². The van der Waals surface area contributed by atoms with Crippen LogP contribution in [-0.4, -0.2) is 35.7 Å². The smallest absolute Gasteiger partial charge is 0.401 e. The number of hydrogen-bond acceptors (Lipinski definition) is 4. The Bertz CT molecular complexity index is 1370. The van der Waals surface area contributed by atoms with Gasteiger partial charge in [-0.05, 0) is 74.5 Å². The standard InChI is InChI=1S/C27H25F3N2O2/c1-16-17(2)25(33)23(26-24(16)31-21-5-3-4-6-22(21)34-26)20-9-7-18(8-10-20)19-11-13-32(14-12-19)15-27(28,29)30/h3-10,19H,11-15H2,1-2H3. The Kier molecular flexibility index (Phi) is 5.68. The predicted octanol–water partition coefficient (Wildman–Crippen LogP) is 6.32. The lowest BCUT2D eigenvalue weighted by Gasteiger charge is -2.32. The highest BCUT2D eigenvalue weighted by atomic mass is 19.4. The van der Waals surface area contributed by atoms with Crippen molar-refractivity contribution in [3.8, 4) is 22.6 Å². The van der Waals surface area contributed by atoms with Gasteiger partial charge in [-0.25, -0.2) is 4.98 Å². The molecule has 5 rings (SSSR count). The average molecular weight is 467 g/mol. The first-order valence-electron chi connectivity index (χ1n) is 11.4. The van der Waals surface area contributed by atoms with E-state index in [4.69, 9.17) is 9.40 Å². The highest BCUT2D eigenvalue weighted by molar-refractivity contribution is 5.86. The molecule has 0 amide bonds. The molecule has 7 heteroatoms. The molecule has 0 atom stereocenters. The van der Waals surface area contributed by atoms with Crippen LogP contribution in [0.5, 0.6) is 0 Å². The number of nitrogens with zero attached hydrogens (tertiary/aromatic N) is 2. The van der Waals surface area contributed by atoms with Crippen LogP contribution < -0.4 is 5.43 Å². The minimum atomic E-state index is -4.16. The lowest BCUT2D eigenvalue weighted by Crippen LogP contribution is -2.39. The van der Waals surface area contributed by atoms with E-state index in [9.17, 15) is 18.0 Å². The lowest BCUT2D eigenvalue weighted by atomic mass is 9.87. The van der Waals surface area contributed by atoms with Crippen molar-refractivity contribution in [2.24, 2.45) is 0 Å². The van der Waals surface area contributed by atoms with Gasteiger partial charge >= 0.3 is 6.18 Å². The minimum Gasteiger partial charge on any atom is -0.452 e.